The molecular formula is C20H32O4. The molecule has 24 heavy (non-hydrogen) atoms. The van der Waals surface area contributed by atoms with Crippen molar-refractivity contribution in [2.45, 2.75) is 77.2 Å². The summed E-state index contributed by atoms with van der Waals surface area (Å²) in [6, 6.07) is 0. The number of ketones is 1. The summed E-state index contributed by atoms with van der Waals surface area (Å²) in [6.45, 7) is 2.14. The molecule has 0 aromatic heterocycles. The van der Waals surface area contributed by atoms with Crippen LogP contribution in [0, 0.1) is 11.8 Å². The molecule has 0 aromatic carbocycles. The van der Waals surface area contributed by atoms with Gasteiger partial charge in [0.05, 0.1) is 6.10 Å². The van der Waals surface area contributed by atoms with Gasteiger partial charge in [-0.1, -0.05) is 50.5 Å². The van der Waals surface area contributed by atoms with E-state index >= 15 is 0 Å². The average Bonchev–Trinajstić information content (AvgIpc) is 2.89. The molecule has 0 aliphatic heterocycles. The molecule has 0 saturated heterocycles. The van der Waals surface area contributed by atoms with Gasteiger partial charge in [-0.15, -0.1) is 0 Å². The lowest BCUT2D eigenvalue weighted by Crippen LogP contribution is -2.13. The Labute approximate surface area is 145 Å². The van der Waals surface area contributed by atoms with Gasteiger partial charge in [0.1, 0.15) is 5.78 Å². The summed E-state index contributed by atoms with van der Waals surface area (Å²) in [5, 5.41) is 18.6. The molecule has 0 radical (unpaired) electrons. The quantitative estimate of drug-likeness (QED) is 0.412. The van der Waals surface area contributed by atoms with Gasteiger partial charge < -0.3 is 10.2 Å². The Morgan fingerprint density at radius 2 is 2.08 bits per heavy atom. The van der Waals surface area contributed by atoms with E-state index in [2.05, 4.69) is 6.92 Å². The number of carboxylic acid groups (broad SMARTS) is 1. The number of aliphatic hydroxyl groups excluding tert-OH is 1. The number of hydrogen-bond donors (Lipinski definition) is 2. The summed E-state index contributed by atoms with van der Waals surface area (Å²) in [5.74, 6) is -0.223. The van der Waals surface area contributed by atoms with Gasteiger partial charge in [0, 0.05) is 18.8 Å². The highest BCUT2D eigenvalue weighted by molar-refractivity contribution is 5.83. The van der Waals surface area contributed by atoms with Crippen LogP contribution >= 0.6 is 0 Å². The number of carboxylic acids is 1. The van der Waals surface area contributed by atoms with Crippen LogP contribution < -0.4 is 0 Å². The molecule has 1 aliphatic carbocycles. The van der Waals surface area contributed by atoms with E-state index < -0.39 is 12.1 Å². The maximum Gasteiger partial charge on any atom is 0.303 e. The minimum Gasteiger partial charge on any atom is -0.481 e. The molecule has 1 saturated carbocycles. The van der Waals surface area contributed by atoms with Gasteiger partial charge in [-0.3, -0.25) is 9.59 Å². The Morgan fingerprint density at radius 1 is 1.29 bits per heavy atom. The van der Waals surface area contributed by atoms with Crippen LogP contribution in [0.2, 0.25) is 0 Å². The number of carbonyl (C=O) groups is 2. The second kappa shape index (κ2) is 12.0. The number of carbonyl (C=O) groups excluding carboxylic acids is 1. The normalized spacial score (nSPS) is 22.7. The molecule has 1 rings (SSSR count). The maximum absolute atomic E-state index is 12.0. The van der Waals surface area contributed by atoms with Crippen molar-refractivity contribution in [1.29, 1.82) is 0 Å². The summed E-state index contributed by atoms with van der Waals surface area (Å²) in [4.78, 5) is 22.5. The summed E-state index contributed by atoms with van der Waals surface area (Å²) < 4.78 is 0. The third kappa shape index (κ3) is 8.44. The highest BCUT2D eigenvalue weighted by atomic mass is 16.4. The Kier molecular flexibility index (Phi) is 10.3. The van der Waals surface area contributed by atoms with Crippen molar-refractivity contribution in [3.63, 3.8) is 0 Å². The zero-order valence-electron chi connectivity index (χ0n) is 14.8. The first-order valence-electron chi connectivity index (χ1n) is 9.30. The zero-order valence-corrected chi connectivity index (χ0v) is 14.8. The average molecular weight is 336 g/mol. The highest BCUT2D eigenvalue weighted by Crippen LogP contribution is 2.33. The summed E-state index contributed by atoms with van der Waals surface area (Å²) in [6.07, 6.45) is 15.4. The Hall–Kier alpha value is -1.42. The van der Waals surface area contributed by atoms with Crippen molar-refractivity contribution in [1.82, 2.24) is 0 Å². The lowest BCUT2D eigenvalue weighted by atomic mass is 9.91. The van der Waals surface area contributed by atoms with Gasteiger partial charge in [-0.05, 0) is 38.0 Å². The number of Topliss-reactive ketones (excluding diaryl/α,β-unsaturated/α-hetero) is 1. The van der Waals surface area contributed by atoms with E-state index in [1.165, 1.54) is 0 Å². The zero-order chi connectivity index (χ0) is 17.8. The van der Waals surface area contributed by atoms with Gasteiger partial charge in [0.15, 0.2) is 0 Å². The van der Waals surface area contributed by atoms with Crippen LogP contribution in [0.3, 0.4) is 0 Å². The predicted molar refractivity (Wildman–Crippen MR) is 95.8 cm³/mol. The molecule has 2 N–H and O–H groups in total. The largest absolute Gasteiger partial charge is 0.481 e. The van der Waals surface area contributed by atoms with Crippen molar-refractivity contribution in [2.75, 3.05) is 0 Å². The van der Waals surface area contributed by atoms with Crippen molar-refractivity contribution >= 4 is 11.8 Å². The summed E-state index contributed by atoms with van der Waals surface area (Å²) in [5.41, 5.74) is 0. The Balaban J connectivity index is 2.37. The molecule has 3 atom stereocenters. The molecule has 4 heteroatoms. The third-order valence-electron chi connectivity index (χ3n) is 4.66. The topological polar surface area (TPSA) is 74.6 Å². The Bertz CT molecular complexity index is 439. The van der Waals surface area contributed by atoms with Crippen LogP contribution in [-0.4, -0.2) is 28.1 Å². The van der Waals surface area contributed by atoms with E-state index in [1.807, 2.05) is 24.3 Å². The maximum atomic E-state index is 12.0. The molecule has 2 unspecified atom stereocenters. The summed E-state index contributed by atoms with van der Waals surface area (Å²) >= 11 is 0. The number of aliphatic hydroxyl groups is 1. The standard InChI is InChI=1S/C20H32O4/c1-2-3-6-9-17(21)14-12-16-13-15-19(22)18(16)10-7-4-5-8-11-20(23)24/h4,7,12,14,16-18,21H,2-3,5-6,8-11,13,15H2,1H3,(H,23,24)/b7-4+,14-12+/t16?,17-,18?/m0/s1. The van der Waals surface area contributed by atoms with Crippen LogP contribution in [-0.2, 0) is 9.59 Å². The first-order valence-corrected chi connectivity index (χ1v) is 9.30. The number of allylic oxidation sites excluding steroid dienone is 3. The SMILES string of the molecule is CCCCC[C@H](O)/C=C/C1CCC(=O)C1C/C=C/CCCC(=O)O. The number of hydrogen-bond acceptors (Lipinski definition) is 3. The van der Waals surface area contributed by atoms with E-state index in [0.717, 1.165) is 38.5 Å². The van der Waals surface area contributed by atoms with E-state index in [0.29, 0.717) is 25.0 Å². The molecule has 0 aromatic rings. The van der Waals surface area contributed by atoms with Gasteiger partial charge in [-0.25, -0.2) is 0 Å². The fraction of sp³-hybridized carbons (Fsp3) is 0.700. The predicted octanol–water partition coefficient (Wildman–Crippen LogP) is 4.28. The molecule has 1 aliphatic rings. The van der Waals surface area contributed by atoms with E-state index in [1.54, 1.807) is 0 Å². The van der Waals surface area contributed by atoms with E-state index in [9.17, 15) is 14.7 Å². The lowest BCUT2D eigenvalue weighted by Gasteiger charge is -2.13. The lowest BCUT2D eigenvalue weighted by molar-refractivity contribution is -0.137. The van der Waals surface area contributed by atoms with Crippen molar-refractivity contribution in [3.05, 3.63) is 24.3 Å². The fourth-order valence-corrected chi connectivity index (χ4v) is 3.17. The van der Waals surface area contributed by atoms with Crippen LogP contribution in [0.15, 0.2) is 24.3 Å². The second-order valence-corrected chi connectivity index (χ2v) is 6.72. The number of unbranched alkanes of at least 4 members (excludes halogenated alkanes) is 3. The van der Waals surface area contributed by atoms with Crippen LogP contribution in [0.4, 0.5) is 0 Å². The molecule has 0 spiro atoms. The number of aliphatic carboxylic acids is 1. The number of rotatable bonds is 12. The van der Waals surface area contributed by atoms with Crippen molar-refractivity contribution < 1.29 is 19.8 Å². The van der Waals surface area contributed by atoms with E-state index in [-0.39, 0.29) is 18.3 Å². The molecule has 0 heterocycles. The molecule has 136 valence electrons. The van der Waals surface area contributed by atoms with Crippen molar-refractivity contribution in [3.8, 4) is 0 Å². The molecule has 4 nitrogen and oxygen atoms in total. The van der Waals surface area contributed by atoms with Crippen LogP contribution in [0.25, 0.3) is 0 Å². The van der Waals surface area contributed by atoms with Gasteiger partial charge in [0.25, 0.3) is 0 Å². The van der Waals surface area contributed by atoms with Crippen molar-refractivity contribution in [2.24, 2.45) is 11.8 Å². The first kappa shape index (κ1) is 20.6. The van der Waals surface area contributed by atoms with Gasteiger partial charge in [-0.2, -0.15) is 0 Å². The fourth-order valence-electron chi connectivity index (χ4n) is 3.17. The van der Waals surface area contributed by atoms with Gasteiger partial charge >= 0.3 is 5.97 Å². The highest BCUT2D eigenvalue weighted by Gasteiger charge is 2.31. The van der Waals surface area contributed by atoms with E-state index in [4.69, 9.17) is 5.11 Å². The second-order valence-electron chi connectivity index (χ2n) is 6.72. The van der Waals surface area contributed by atoms with Crippen LogP contribution in [0.1, 0.15) is 71.1 Å². The van der Waals surface area contributed by atoms with Gasteiger partial charge in [0.2, 0.25) is 0 Å². The molecule has 0 bridgehead atoms. The minimum atomic E-state index is -0.767. The van der Waals surface area contributed by atoms with Crippen LogP contribution in [0.5, 0.6) is 0 Å². The smallest absolute Gasteiger partial charge is 0.303 e. The monoisotopic (exact) mass is 336 g/mol. The summed E-state index contributed by atoms with van der Waals surface area (Å²) in [7, 11) is 0. The molecular weight excluding hydrogens is 304 g/mol. The molecule has 1 fully saturated rings. The third-order valence-corrected chi connectivity index (χ3v) is 4.66. The Morgan fingerprint density at radius 3 is 2.79 bits per heavy atom. The molecule has 0 amide bonds. The first-order chi connectivity index (χ1) is 11.5. The minimum absolute atomic E-state index is 0.0137.